The monoisotopic (exact) mass is 470 g/mol. The largest absolute Gasteiger partial charge is 0.489 e. The van der Waals surface area contributed by atoms with Crippen LogP contribution in [0.4, 0.5) is 24.7 Å². The Morgan fingerprint density at radius 3 is 2.47 bits per heavy atom. The first-order chi connectivity index (χ1) is 16.3. The van der Waals surface area contributed by atoms with Crippen LogP contribution in [0.2, 0.25) is 0 Å². The zero-order valence-electron chi connectivity index (χ0n) is 18.8. The van der Waals surface area contributed by atoms with Crippen molar-refractivity contribution in [2.24, 2.45) is 0 Å². The Labute approximate surface area is 195 Å². The van der Waals surface area contributed by atoms with E-state index in [9.17, 15) is 18.0 Å². The summed E-state index contributed by atoms with van der Waals surface area (Å²) in [5, 5.41) is 6.01. The predicted octanol–water partition coefficient (Wildman–Crippen LogP) is 5.03. The van der Waals surface area contributed by atoms with E-state index in [1.165, 1.54) is 12.1 Å². The van der Waals surface area contributed by atoms with Crippen LogP contribution in [0.5, 0.6) is 5.75 Å². The van der Waals surface area contributed by atoms with Crippen molar-refractivity contribution in [3.05, 3.63) is 83.0 Å². The molecule has 9 heteroatoms. The summed E-state index contributed by atoms with van der Waals surface area (Å²) in [4.78, 5) is 18.4. The van der Waals surface area contributed by atoms with Crippen molar-refractivity contribution >= 4 is 17.4 Å². The standard InChI is InChI=1S/C25H25F3N4O2/c1-16(18-5-7-19(8-6-18)24(33)29-2)31-23-22-21(11-12-30-23)34-14-13-32(22)15-17-3-9-20(10-4-17)25(26,27)28/h3-12,16H,13-15H2,1-2H3,(H,29,33)(H,30,31)/t16-/m0/s1. The van der Waals surface area contributed by atoms with Crippen LogP contribution < -0.4 is 20.3 Å². The smallest absolute Gasteiger partial charge is 0.416 e. The molecule has 0 radical (unpaired) electrons. The number of pyridine rings is 1. The second-order valence-corrected chi connectivity index (χ2v) is 8.04. The summed E-state index contributed by atoms with van der Waals surface area (Å²) in [5.41, 5.74) is 2.40. The van der Waals surface area contributed by atoms with Crippen molar-refractivity contribution in [3.8, 4) is 5.75 Å². The number of alkyl halides is 3. The summed E-state index contributed by atoms with van der Waals surface area (Å²) in [6.07, 6.45) is -2.70. The van der Waals surface area contributed by atoms with Crippen molar-refractivity contribution < 1.29 is 22.7 Å². The van der Waals surface area contributed by atoms with E-state index >= 15 is 0 Å². The fraction of sp³-hybridized carbons (Fsp3) is 0.280. The number of anilines is 2. The summed E-state index contributed by atoms with van der Waals surface area (Å²) >= 11 is 0. The molecule has 178 valence electrons. The number of ether oxygens (including phenoxy) is 1. The third kappa shape index (κ3) is 5.08. The van der Waals surface area contributed by atoms with E-state index in [1.54, 1.807) is 31.4 Å². The minimum absolute atomic E-state index is 0.118. The molecule has 0 aliphatic carbocycles. The quantitative estimate of drug-likeness (QED) is 0.529. The number of benzene rings is 2. The van der Waals surface area contributed by atoms with Crippen molar-refractivity contribution in [1.29, 1.82) is 0 Å². The van der Waals surface area contributed by atoms with Crippen LogP contribution in [-0.2, 0) is 12.7 Å². The van der Waals surface area contributed by atoms with Gasteiger partial charge in [-0.2, -0.15) is 13.2 Å². The number of rotatable bonds is 6. The molecule has 1 aliphatic rings. The van der Waals surface area contributed by atoms with E-state index in [0.29, 0.717) is 36.8 Å². The third-order valence-corrected chi connectivity index (χ3v) is 5.73. The SMILES string of the molecule is CNC(=O)c1ccc([C@H](C)Nc2nccc3c2N(Cc2ccc(C(F)(F)F)cc2)CCO3)cc1. The van der Waals surface area contributed by atoms with Gasteiger partial charge in [-0.25, -0.2) is 4.98 Å². The Hall–Kier alpha value is -3.75. The lowest BCUT2D eigenvalue weighted by Crippen LogP contribution is -2.33. The second-order valence-electron chi connectivity index (χ2n) is 8.04. The lowest BCUT2D eigenvalue weighted by Gasteiger charge is -2.33. The molecule has 0 saturated carbocycles. The van der Waals surface area contributed by atoms with E-state index in [4.69, 9.17) is 4.74 Å². The van der Waals surface area contributed by atoms with Gasteiger partial charge in [0.1, 0.15) is 18.0 Å². The highest BCUT2D eigenvalue weighted by atomic mass is 19.4. The molecular weight excluding hydrogens is 445 g/mol. The van der Waals surface area contributed by atoms with Crippen molar-refractivity contribution in [3.63, 3.8) is 0 Å². The first-order valence-corrected chi connectivity index (χ1v) is 10.9. The molecule has 3 aromatic rings. The molecule has 0 spiro atoms. The molecular formula is C25H25F3N4O2. The molecule has 6 nitrogen and oxygen atoms in total. The maximum absolute atomic E-state index is 12.9. The molecule has 4 rings (SSSR count). The number of nitrogens with zero attached hydrogens (tertiary/aromatic N) is 2. The van der Waals surface area contributed by atoms with Crippen LogP contribution in [0.15, 0.2) is 60.8 Å². The van der Waals surface area contributed by atoms with Gasteiger partial charge in [-0.05, 0) is 42.3 Å². The first kappa shape index (κ1) is 23.4. The van der Waals surface area contributed by atoms with E-state index in [0.717, 1.165) is 28.9 Å². The van der Waals surface area contributed by atoms with Crippen molar-refractivity contribution in [1.82, 2.24) is 10.3 Å². The number of aromatic nitrogens is 1. The molecule has 2 heterocycles. The molecule has 1 atom stereocenters. The van der Waals surface area contributed by atoms with Gasteiger partial charge >= 0.3 is 6.18 Å². The zero-order valence-corrected chi connectivity index (χ0v) is 18.8. The highest BCUT2D eigenvalue weighted by Gasteiger charge is 2.30. The Morgan fingerprint density at radius 2 is 1.82 bits per heavy atom. The number of hydrogen-bond donors (Lipinski definition) is 2. The van der Waals surface area contributed by atoms with Crippen LogP contribution in [0.3, 0.4) is 0 Å². The Balaban J connectivity index is 1.55. The van der Waals surface area contributed by atoms with Crippen LogP contribution in [0, 0.1) is 0 Å². The number of halogens is 3. The Kier molecular flexibility index (Phi) is 6.63. The van der Waals surface area contributed by atoms with Crippen LogP contribution in [0.25, 0.3) is 0 Å². The average molecular weight is 470 g/mol. The average Bonchev–Trinajstić information content (AvgIpc) is 2.83. The van der Waals surface area contributed by atoms with Crippen LogP contribution in [0.1, 0.15) is 40.0 Å². The highest BCUT2D eigenvalue weighted by molar-refractivity contribution is 5.94. The minimum atomic E-state index is -4.36. The topological polar surface area (TPSA) is 66.5 Å². The molecule has 0 unspecified atom stereocenters. The number of fused-ring (bicyclic) bond motifs is 1. The normalized spacial score (nSPS) is 14.1. The molecule has 1 aliphatic heterocycles. The number of hydrogen-bond acceptors (Lipinski definition) is 5. The molecule has 34 heavy (non-hydrogen) atoms. The van der Waals surface area contributed by atoms with E-state index in [-0.39, 0.29) is 11.9 Å². The first-order valence-electron chi connectivity index (χ1n) is 10.9. The fourth-order valence-electron chi connectivity index (χ4n) is 3.88. The van der Waals surface area contributed by atoms with Crippen LogP contribution in [-0.4, -0.2) is 31.1 Å². The summed E-state index contributed by atoms with van der Waals surface area (Å²) in [6.45, 7) is 3.45. The van der Waals surface area contributed by atoms with E-state index in [2.05, 4.69) is 20.5 Å². The Morgan fingerprint density at radius 1 is 1.12 bits per heavy atom. The molecule has 2 aromatic carbocycles. The fourth-order valence-corrected chi connectivity index (χ4v) is 3.88. The summed E-state index contributed by atoms with van der Waals surface area (Å²) in [7, 11) is 1.59. The van der Waals surface area contributed by atoms with Crippen LogP contribution >= 0.6 is 0 Å². The number of carbonyl (C=O) groups excluding carboxylic acids is 1. The van der Waals surface area contributed by atoms with Gasteiger partial charge in [-0.15, -0.1) is 0 Å². The predicted molar refractivity (Wildman–Crippen MR) is 124 cm³/mol. The van der Waals surface area contributed by atoms with Gasteiger partial charge in [-0.3, -0.25) is 4.79 Å². The number of amides is 1. The molecule has 0 bridgehead atoms. The summed E-state index contributed by atoms with van der Waals surface area (Å²) < 4.78 is 44.5. The minimum Gasteiger partial charge on any atom is -0.489 e. The lowest BCUT2D eigenvalue weighted by atomic mass is 10.1. The second kappa shape index (κ2) is 9.62. The number of nitrogens with one attached hydrogen (secondary N) is 2. The number of carbonyl (C=O) groups is 1. The molecule has 0 saturated heterocycles. The van der Waals surface area contributed by atoms with E-state index < -0.39 is 11.7 Å². The molecule has 0 fully saturated rings. The van der Waals surface area contributed by atoms with Crippen molar-refractivity contribution in [2.75, 3.05) is 30.4 Å². The maximum atomic E-state index is 12.9. The van der Waals surface area contributed by atoms with Gasteiger partial charge in [0.15, 0.2) is 5.82 Å². The van der Waals surface area contributed by atoms with E-state index in [1.807, 2.05) is 19.1 Å². The molecule has 2 N–H and O–H groups in total. The van der Waals surface area contributed by atoms with Gasteiger partial charge in [0.2, 0.25) is 0 Å². The van der Waals surface area contributed by atoms with Gasteiger partial charge < -0.3 is 20.3 Å². The Bertz CT molecular complexity index is 1150. The van der Waals surface area contributed by atoms with Crippen molar-refractivity contribution in [2.45, 2.75) is 25.7 Å². The van der Waals surface area contributed by atoms with Gasteiger partial charge in [0, 0.05) is 31.4 Å². The maximum Gasteiger partial charge on any atom is 0.416 e. The van der Waals surface area contributed by atoms with Gasteiger partial charge in [-0.1, -0.05) is 24.3 Å². The zero-order chi connectivity index (χ0) is 24.3. The third-order valence-electron chi connectivity index (χ3n) is 5.73. The lowest BCUT2D eigenvalue weighted by molar-refractivity contribution is -0.137. The summed E-state index contributed by atoms with van der Waals surface area (Å²) in [6, 6.07) is 14.2. The highest BCUT2D eigenvalue weighted by Crippen LogP contribution is 2.39. The molecule has 1 aromatic heterocycles. The van der Waals surface area contributed by atoms with Gasteiger partial charge in [0.05, 0.1) is 18.2 Å². The van der Waals surface area contributed by atoms with Gasteiger partial charge in [0.25, 0.3) is 5.91 Å². The summed E-state index contributed by atoms with van der Waals surface area (Å²) in [5.74, 6) is 1.13. The molecule has 1 amide bonds.